The first-order valence-corrected chi connectivity index (χ1v) is 12.3. The van der Waals surface area contributed by atoms with Gasteiger partial charge < -0.3 is 33.5 Å². The van der Waals surface area contributed by atoms with E-state index in [2.05, 4.69) is 0 Å². The minimum atomic E-state index is -0.747. The molecule has 3 aromatic carbocycles. The Kier molecular flexibility index (Phi) is 8.74. The Morgan fingerprint density at radius 2 is 1.28 bits per heavy atom. The van der Waals surface area contributed by atoms with E-state index >= 15 is 0 Å². The van der Waals surface area contributed by atoms with Crippen molar-refractivity contribution in [3.05, 3.63) is 108 Å². The third kappa shape index (κ3) is 6.19. The van der Waals surface area contributed by atoms with Crippen LogP contribution in [0, 0.1) is 0 Å². The lowest BCUT2D eigenvalue weighted by molar-refractivity contribution is -0.372. The predicted molar refractivity (Wildman–Crippen MR) is 132 cm³/mol. The lowest BCUT2D eigenvalue weighted by atomic mass is 9.97. The fourth-order valence-electron chi connectivity index (χ4n) is 4.53. The maximum atomic E-state index is 9.40. The third-order valence-corrected chi connectivity index (χ3v) is 6.30. The van der Waals surface area contributed by atoms with Crippen molar-refractivity contribution >= 4 is 0 Å². The van der Waals surface area contributed by atoms with Crippen LogP contribution in [-0.2, 0) is 41.6 Å². The molecular weight excluding hydrogens is 460 g/mol. The van der Waals surface area contributed by atoms with Crippen molar-refractivity contribution < 1.29 is 33.5 Å². The molecule has 0 amide bonds. The molecule has 0 radical (unpaired) electrons. The molecule has 0 saturated carbocycles. The van der Waals surface area contributed by atoms with Gasteiger partial charge in [-0.25, -0.2) is 0 Å². The SMILES string of the molecule is OCCO[C@H]1O[C@@H]2COC(c3ccccc3)O[C@H]2[C@H](OCc2ccccc2)[C@H]1OCc1ccccc1. The van der Waals surface area contributed by atoms with Gasteiger partial charge in [0.15, 0.2) is 12.6 Å². The van der Waals surface area contributed by atoms with Crippen LogP contribution in [0.3, 0.4) is 0 Å². The van der Waals surface area contributed by atoms with Gasteiger partial charge in [-0.1, -0.05) is 91.0 Å². The Morgan fingerprint density at radius 1 is 0.694 bits per heavy atom. The Bertz CT molecular complexity index is 1030. The molecular formula is C29H32O7. The fraction of sp³-hybridized carbons (Fsp3) is 0.379. The average molecular weight is 493 g/mol. The van der Waals surface area contributed by atoms with Crippen LogP contribution in [0.25, 0.3) is 0 Å². The van der Waals surface area contributed by atoms with Crippen molar-refractivity contribution in [1.29, 1.82) is 0 Å². The highest BCUT2D eigenvalue weighted by Crippen LogP contribution is 2.37. The minimum Gasteiger partial charge on any atom is -0.394 e. The van der Waals surface area contributed by atoms with Gasteiger partial charge in [-0.3, -0.25) is 0 Å². The van der Waals surface area contributed by atoms with Gasteiger partial charge in [-0.2, -0.15) is 0 Å². The van der Waals surface area contributed by atoms with E-state index in [4.69, 9.17) is 28.4 Å². The standard InChI is InChI=1S/C29H32O7/c30-16-17-31-29-27(33-19-22-12-6-2-7-13-22)26(32-18-21-10-4-1-5-11-21)25-24(35-29)20-34-28(36-25)23-14-8-3-9-15-23/h1-15,24-30H,16-20H2/t24-,25-,26+,27-,28?,29+/m1/s1. The Labute approximate surface area is 211 Å². The molecule has 3 aromatic rings. The second-order valence-corrected chi connectivity index (χ2v) is 8.84. The van der Waals surface area contributed by atoms with Gasteiger partial charge in [0.05, 0.1) is 33.0 Å². The molecule has 2 fully saturated rings. The topological polar surface area (TPSA) is 75.6 Å². The van der Waals surface area contributed by atoms with E-state index < -0.39 is 37.0 Å². The Morgan fingerprint density at radius 3 is 1.89 bits per heavy atom. The number of benzene rings is 3. The molecule has 2 heterocycles. The number of ether oxygens (including phenoxy) is 6. The van der Waals surface area contributed by atoms with Crippen molar-refractivity contribution in [2.24, 2.45) is 0 Å². The average Bonchev–Trinajstić information content (AvgIpc) is 2.95. The van der Waals surface area contributed by atoms with Crippen molar-refractivity contribution in [2.75, 3.05) is 19.8 Å². The highest BCUT2D eigenvalue weighted by molar-refractivity contribution is 5.17. The summed E-state index contributed by atoms with van der Waals surface area (Å²) >= 11 is 0. The van der Waals surface area contributed by atoms with Gasteiger partial charge in [0.1, 0.15) is 24.4 Å². The highest BCUT2D eigenvalue weighted by Gasteiger charge is 2.51. The zero-order chi connectivity index (χ0) is 24.6. The summed E-state index contributed by atoms with van der Waals surface area (Å²) < 4.78 is 37.5. The first-order chi connectivity index (χ1) is 17.8. The molecule has 2 aliphatic rings. The van der Waals surface area contributed by atoms with Crippen LogP contribution in [0.2, 0.25) is 0 Å². The number of aliphatic hydroxyl groups excluding tert-OH is 1. The maximum absolute atomic E-state index is 9.40. The quantitative estimate of drug-likeness (QED) is 0.458. The summed E-state index contributed by atoms with van der Waals surface area (Å²) in [5.74, 6) is 0. The Hall–Kier alpha value is -2.62. The van der Waals surface area contributed by atoms with E-state index in [1.165, 1.54) is 0 Å². The summed E-state index contributed by atoms with van der Waals surface area (Å²) in [4.78, 5) is 0. The first-order valence-electron chi connectivity index (χ1n) is 12.3. The van der Waals surface area contributed by atoms with Crippen LogP contribution in [-0.4, -0.2) is 55.6 Å². The molecule has 7 heteroatoms. The summed E-state index contributed by atoms with van der Waals surface area (Å²) in [6, 6.07) is 29.7. The van der Waals surface area contributed by atoms with Gasteiger partial charge >= 0.3 is 0 Å². The first kappa shape index (κ1) is 25.0. The third-order valence-electron chi connectivity index (χ3n) is 6.30. The predicted octanol–water partition coefficient (Wildman–Crippen LogP) is 4.01. The largest absolute Gasteiger partial charge is 0.394 e. The molecule has 2 saturated heterocycles. The summed E-state index contributed by atoms with van der Waals surface area (Å²) in [7, 11) is 0. The molecule has 190 valence electrons. The molecule has 36 heavy (non-hydrogen) atoms. The van der Waals surface area contributed by atoms with E-state index in [0.29, 0.717) is 19.8 Å². The van der Waals surface area contributed by atoms with E-state index in [-0.39, 0.29) is 13.2 Å². The van der Waals surface area contributed by atoms with Gasteiger partial charge in [0.2, 0.25) is 0 Å². The normalized spacial score (nSPS) is 27.9. The molecule has 2 aliphatic heterocycles. The van der Waals surface area contributed by atoms with Gasteiger partial charge in [0, 0.05) is 5.56 Å². The van der Waals surface area contributed by atoms with Crippen molar-refractivity contribution in [1.82, 2.24) is 0 Å². The lowest BCUT2D eigenvalue weighted by Crippen LogP contribution is -2.63. The minimum absolute atomic E-state index is 0.118. The van der Waals surface area contributed by atoms with E-state index in [1.807, 2.05) is 91.0 Å². The van der Waals surface area contributed by atoms with Crippen molar-refractivity contribution in [2.45, 2.75) is 50.2 Å². The van der Waals surface area contributed by atoms with Crippen LogP contribution >= 0.6 is 0 Å². The monoisotopic (exact) mass is 492 g/mol. The Balaban J connectivity index is 1.40. The molecule has 6 atom stereocenters. The number of hydrogen-bond acceptors (Lipinski definition) is 7. The van der Waals surface area contributed by atoms with Crippen LogP contribution < -0.4 is 0 Å². The summed E-state index contributed by atoms with van der Waals surface area (Å²) in [5.41, 5.74) is 3.00. The summed E-state index contributed by atoms with van der Waals surface area (Å²) in [6.07, 6.45) is -3.22. The summed E-state index contributed by atoms with van der Waals surface area (Å²) in [6.45, 7) is 1.05. The number of rotatable bonds is 10. The van der Waals surface area contributed by atoms with Crippen LogP contribution in [0.15, 0.2) is 91.0 Å². The van der Waals surface area contributed by atoms with Crippen LogP contribution in [0.1, 0.15) is 23.0 Å². The van der Waals surface area contributed by atoms with Crippen molar-refractivity contribution in [3.8, 4) is 0 Å². The van der Waals surface area contributed by atoms with Crippen LogP contribution in [0.4, 0.5) is 0 Å². The van der Waals surface area contributed by atoms with Gasteiger partial charge in [0.25, 0.3) is 0 Å². The zero-order valence-corrected chi connectivity index (χ0v) is 20.1. The number of fused-ring (bicyclic) bond motifs is 1. The lowest BCUT2D eigenvalue weighted by Gasteiger charge is -2.49. The van der Waals surface area contributed by atoms with Gasteiger partial charge in [-0.05, 0) is 11.1 Å². The smallest absolute Gasteiger partial charge is 0.187 e. The van der Waals surface area contributed by atoms with Gasteiger partial charge in [-0.15, -0.1) is 0 Å². The molecule has 0 bridgehead atoms. The molecule has 0 aromatic heterocycles. The van der Waals surface area contributed by atoms with E-state index in [0.717, 1.165) is 16.7 Å². The second kappa shape index (κ2) is 12.6. The maximum Gasteiger partial charge on any atom is 0.187 e. The molecule has 7 nitrogen and oxygen atoms in total. The molecule has 1 unspecified atom stereocenters. The highest BCUT2D eigenvalue weighted by atomic mass is 16.8. The number of hydrogen-bond donors (Lipinski definition) is 1. The zero-order valence-electron chi connectivity index (χ0n) is 20.1. The van der Waals surface area contributed by atoms with E-state index in [9.17, 15) is 5.11 Å². The second-order valence-electron chi connectivity index (χ2n) is 8.84. The molecule has 0 aliphatic carbocycles. The van der Waals surface area contributed by atoms with Crippen molar-refractivity contribution in [3.63, 3.8) is 0 Å². The molecule has 0 spiro atoms. The van der Waals surface area contributed by atoms with Crippen LogP contribution in [0.5, 0.6) is 0 Å². The number of aliphatic hydroxyl groups is 1. The molecule has 1 N–H and O–H groups in total. The van der Waals surface area contributed by atoms with E-state index in [1.54, 1.807) is 0 Å². The summed E-state index contributed by atoms with van der Waals surface area (Å²) in [5, 5.41) is 9.40. The fourth-order valence-corrected chi connectivity index (χ4v) is 4.53. The molecule has 5 rings (SSSR count).